The van der Waals surface area contributed by atoms with E-state index in [0.717, 1.165) is 0 Å². The summed E-state index contributed by atoms with van der Waals surface area (Å²) < 4.78 is 4.59. The number of carbonyl (C=O) groups is 3. The average molecular weight is 269 g/mol. The molecule has 1 rings (SSSR count). The van der Waals surface area contributed by atoms with Crippen molar-refractivity contribution in [1.29, 1.82) is 0 Å². The van der Waals surface area contributed by atoms with E-state index >= 15 is 0 Å². The number of hydrogen-bond donors (Lipinski definition) is 2. The van der Waals surface area contributed by atoms with E-state index in [1.54, 1.807) is 12.2 Å². The molecule has 0 aromatic carbocycles. The summed E-state index contributed by atoms with van der Waals surface area (Å²) in [5.74, 6) is -3.42. The molecular formula is C13H19NO5. The molecule has 0 radical (unpaired) electrons. The van der Waals surface area contributed by atoms with E-state index in [1.807, 2.05) is 0 Å². The van der Waals surface area contributed by atoms with Crippen molar-refractivity contribution >= 4 is 17.8 Å². The Balaban J connectivity index is 2.79. The largest absolute Gasteiger partial charge is 0.481 e. The molecule has 6 heteroatoms. The lowest BCUT2D eigenvalue weighted by atomic mass is 9.82. The summed E-state index contributed by atoms with van der Waals surface area (Å²) in [5.41, 5.74) is -1.17. The number of hydrogen-bond acceptors (Lipinski definition) is 4. The van der Waals surface area contributed by atoms with Crippen molar-refractivity contribution in [2.24, 2.45) is 11.8 Å². The molecule has 1 amide bonds. The number of rotatable bonds is 4. The summed E-state index contributed by atoms with van der Waals surface area (Å²) in [7, 11) is 1.24. The van der Waals surface area contributed by atoms with Gasteiger partial charge >= 0.3 is 11.9 Å². The number of carbonyl (C=O) groups excluding carboxylic acids is 2. The highest BCUT2D eigenvalue weighted by atomic mass is 16.5. The maximum atomic E-state index is 12.1. The van der Waals surface area contributed by atoms with Crippen LogP contribution in [-0.4, -0.2) is 35.6 Å². The SMILES string of the molecule is COC(=O)C(C)(C)NC(=O)[C@@H]1CC=CC[C@@H]1C(=O)O. The minimum absolute atomic E-state index is 0.325. The van der Waals surface area contributed by atoms with Crippen molar-refractivity contribution in [1.82, 2.24) is 5.32 Å². The highest BCUT2D eigenvalue weighted by Crippen LogP contribution is 2.26. The van der Waals surface area contributed by atoms with Crippen LogP contribution in [0.1, 0.15) is 26.7 Å². The Morgan fingerprint density at radius 3 is 2.21 bits per heavy atom. The monoisotopic (exact) mass is 269 g/mol. The van der Waals surface area contributed by atoms with Crippen LogP contribution in [-0.2, 0) is 19.1 Å². The van der Waals surface area contributed by atoms with Crippen LogP contribution in [0.15, 0.2) is 12.2 Å². The third kappa shape index (κ3) is 3.56. The molecule has 0 unspecified atom stereocenters. The van der Waals surface area contributed by atoms with Gasteiger partial charge in [-0.1, -0.05) is 12.2 Å². The van der Waals surface area contributed by atoms with E-state index in [-0.39, 0.29) is 0 Å². The minimum Gasteiger partial charge on any atom is -0.481 e. The third-order valence-corrected chi connectivity index (χ3v) is 3.22. The first kappa shape index (κ1) is 15.2. The Hall–Kier alpha value is -1.85. The lowest BCUT2D eigenvalue weighted by Gasteiger charge is -2.29. The zero-order chi connectivity index (χ0) is 14.6. The molecule has 6 nitrogen and oxygen atoms in total. The summed E-state index contributed by atoms with van der Waals surface area (Å²) in [4.78, 5) is 34.8. The maximum absolute atomic E-state index is 12.1. The molecular weight excluding hydrogens is 250 g/mol. The van der Waals surface area contributed by atoms with Crippen LogP contribution < -0.4 is 5.32 Å². The van der Waals surface area contributed by atoms with E-state index in [9.17, 15) is 14.4 Å². The molecule has 0 saturated heterocycles. The number of nitrogens with one attached hydrogen (secondary N) is 1. The molecule has 1 aliphatic carbocycles. The molecule has 0 heterocycles. The quantitative estimate of drug-likeness (QED) is 0.579. The number of aliphatic carboxylic acids is 1. The summed E-state index contributed by atoms with van der Waals surface area (Å²) in [5, 5.41) is 11.7. The van der Waals surface area contributed by atoms with Crippen molar-refractivity contribution in [2.45, 2.75) is 32.2 Å². The van der Waals surface area contributed by atoms with Gasteiger partial charge in [-0.25, -0.2) is 4.79 Å². The van der Waals surface area contributed by atoms with Gasteiger partial charge in [0, 0.05) is 0 Å². The average Bonchev–Trinajstić information content (AvgIpc) is 2.37. The molecule has 0 bridgehead atoms. The fraction of sp³-hybridized carbons (Fsp3) is 0.615. The molecule has 0 aliphatic heterocycles. The van der Waals surface area contributed by atoms with E-state index < -0.39 is 35.2 Å². The Morgan fingerprint density at radius 2 is 1.74 bits per heavy atom. The highest BCUT2D eigenvalue weighted by Gasteiger charge is 2.38. The van der Waals surface area contributed by atoms with Crippen LogP contribution in [0.2, 0.25) is 0 Å². The van der Waals surface area contributed by atoms with Crippen LogP contribution in [0.5, 0.6) is 0 Å². The van der Waals surface area contributed by atoms with Crippen molar-refractivity contribution in [3.05, 3.63) is 12.2 Å². The second kappa shape index (κ2) is 5.86. The van der Waals surface area contributed by atoms with Crippen molar-refractivity contribution in [2.75, 3.05) is 7.11 Å². The van der Waals surface area contributed by atoms with Gasteiger partial charge in [0.2, 0.25) is 5.91 Å². The second-order valence-corrected chi connectivity index (χ2v) is 5.10. The smallest absolute Gasteiger partial charge is 0.330 e. The molecule has 0 saturated carbocycles. The predicted octanol–water partition coefficient (Wildman–Crippen LogP) is 0.721. The van der Waals surface area contributed by atoms with Crippen LogP contribution in [0.3, 0.4) is 0 Å². The number of allylic oxidation sites excluding steroid dienone is 2. The van der Waals surface area contributed by atoms with Gasteiger partial charge in [-0.15, -0.1) is 0 Å². The number of carboxylic acids is 1. The van der Waals surface area contributed by atoms with E-state index in [0.29, 0.717) is 12.8 Å². The predicted molar refractivity (Wildman–Crippen MR) is 67.2 cm³/mol. The molecule has 0 spiro atoms. The maximum Gasteiger partial charge on any atom is 0.330 e. The van der Waals surface area contributed by atoms with E-state index in [2.05, 4.69) is 10.1 Å². The number of methoxy groups -OCH3 is 1. The Labute approximate surface area is 111 Å². The van der Waals surface area contributed by atoms with Gasteiger partial charge in [0.25, 0.3) is 0 Å². The normalized spacial score (nSPS) is 22.7. The van der Waals surface area contributed by atoms with E-state index in [4.69, 9.17) is 5.11 Å². The Kier molecular flexibility index (Phi) is 4.69. The lowest BCUT2D eigenvalue weighted by molar-refractivity contribution is -0.152. The third-order valence-electron chi connectivity index (χ3n) is 3.22. The van der Waals surface area contributed by atoms with Crippen LogP contribution in [0.25, 0.3) is 0 Å². The lowest BCUT2D eigenvalue weighted by Crippen LogP contribution is -2.53. The van der Waals surface area contributed by atoms with Gasteiger partial charge in [0.15, 0.2) is 0 Å². The molecule has 0 aromatic rings. The number of amides is 1. The first-order valence-corrected chi connectivity index (χ1v) is 6.08. The summed E-state index contributed by atoms with van der Waals surface area (Å²) >= 11 is 0. The second-order valence-electron chi connectivity index (χ2n) is 5.10. The van der Waals surface area contributed by atoms with E-state index in [1.165, 1.54) is 21.0 Å². The van der Waals surface area contributed by atoms with Gasteiger partial charge < -0.3 is 15.2 Å². The standard InChI is InChI=1S/C13H19NO5/c1-13(2,12(18)19-3)14-10(15)8-6-4-5-7-9(8)11(16)17/h4-5,8-9H,6-7H2,1-3H3,(H,14,15)(H,16,17)/t8-,9+/m1/s1. The number of carboxylic acid groups (broad SMARTS) is 1. The van der Waals surface area contributed by atoms with Gasteiger partial charge in [-0.3, -0.25) is 9.59 Å². The Morgan fingerprint density at radius 1 is 1.21 bits per heavy atom. The van der Waals surface area contributed by atoms with Crippen molar-refractivity contribution < 1.29 is 24.2 Å². The summed E-state index contributed by atoms with van der Waals surface area (Å²) in [6.07, 6.45) is 4.23. The molecule has 1 aliphatic rings. The van der Waals surface area contributed by atoms with Crippen LogP contribution in [0.4, 0.5) is 0 Å². The number of esters is 1. The topological polar surface area (TPSA) is 92.7 Å². The van der Waals surface area contributed by atoms with Gasteiger partial charge in [-0.05, 0) is 26.7 Å². The van der Waals surface area contributed by atoms with Gasteiger partial charge in [0.05, 0.1) is 18.9 Å². The molecule has 0 aromatic heterocycles. The highest BCUT2D eigenvalue weighted by molar-refractivity contribution is 5.90. The molecule has 2 N–H and O–H groups in total. The zero-order valence-electron chi connectivity index (χ0n) is 11.3. The zero-order valence-corrected chi connectivity index (χ0v) is 11.3. The molecule has 2 atom stereocenters. The first-order valence-electron chi connectivity index (χ1n) is 6.08. The van der Waals surface area contributed by atoms with Crippen LogP contribution >= 0.6 is 0 Å². The van der Waals surface area contributed by atoms with Crippen molar-refractivity contribution in [3.8, 4) is 0 Å². The Bertz CT molecular complexity index is 413. The fourth-order valence-electron chi connectivity index (χ4n) is 2.08. The molecule has 106 valence electrons. The molecule has 19 heavy (non-hydrogen) atoms. The fourth-order valence-corrected chi connectivity index (χ4v) is 2.08. The summed E-state index contributed by atoms with van der Waals surface area (Å²) in [6, 6.07) is 0. The van der Waals surface area contributed by atoms with Gasteiger partial charge in [-0.2, -0.15) is 0 Å². The van der Waals surface area contributed by atoms with Crippen LogP contribution in [0, 0.1) is 11.8 Å². The van der Waals surface area contributed by atoms with Crippen molar-refractivity contribution in [3.63, 3.8) is 0 Å². The minimum atomic E-state index is -1.17. The van der Waals surface area contributed by atoms with Gasteiger partial charge in [0.1, 0.15) is 5.54 Å². The first-order chi connectivity index (χ1) is 8.79. The molecule has 0 fully saturated rings. The summed E-state index contributed by atoms with van der Waals surface area (Å²) in [6.45, 7) is 3.04. The number of ether oxygens (including phenoxy) is 1.